The second kappa shape index (κ2) is 7.05. The average Bonchev–Trinajstić information content (AvgIpc) is 2.92. The number of hydrogen-bond acceptors (Lipinski definition) is 2. The van der Waals surface area contributed by atoms with E-state index >= 15 is 0 Å². The van der Waals surface area contributed by atoms with Crippen molar-refractivity contribution in [3.05, 3.63) is 33.9 Å². The Bertz CT molecular complexity index is 706. The highest BCUT2D eigenvalue weighted by atomic mass is 79.9. The lowest BCUT2D eigenvalue weighted by molar-refractivity contribution is -0.123. The van der Waals surface area contributed by atoms with Crippen LogP contribution in [-0.2, 0) is 11.2 Å². The van der Waals surface area contributed by atoms with Gasteiger partial charge in [0, 0.05) is 21.1 Å². The summed E-state index contributed by atoms with van der Waals surface area (Å²) in [5.41, 5.74) is 3.71. The van der Waals surface area contributed by atoms with E-state index in [9.17, 15) is 4.79 Å². The zero-order chi connectivity index (χ0) is 16.4. The van der Waals surface area contributed by atoms with Crippen LogP contribution in [0.4, 0.5) is 0 Å². The molecule has 1 unspecified atom stereocenters. The lowest BCUT2D eigenvalue weighted by Gasteiger charge is -2.25. The average molecular weight is 378 g/mol. The number of rotatable bonds is 5. The van der Waals surface area contributed by atoms with Gasteiger partial charge in [-0.2, -0.15) is 0 Å². The second-order valence-electron chi connectivity index (χ2n) is 6.18. The number of aromatic nitrogens is 1. The number of hydrogen-bond donors (Lipinski definition) is 2. The number of carbonyl (C=O) groups is 1. The van der Waals surface area contributed by atoms with Crippen LogP contribution in [0.3, 0.4) is 0 Å². The number of carbonyl (C=O) groups excluding carboxylic acids is 1. The van der Waals surface area contributed by atoms with Crippen LogP contribution >= 0.6 is 15.9 Å². The molecule has 5 heteroatoms. The minimum Gasteiger partial charge on any atom is -0.356 e. The molecule has 0 saturated carbocycles. The molecule has 1 aromatic heterocycles. The van der Waals surface area contributed by atoms with Gasteiger partial charge in [0.05, 0.1) is 12.6 Å². The molecule has 0 bridgehead atoms. The number of benzene rings is 1. The smallest absolute Gasteiger partial charge is 0.234 e. The van der Waals surface area contributed by atoms with Crippen LogP contribution in [0.2, 0.25) is 0 Å². The van der Waals surface area contributed by atoms with Crippen molar-refractivity contribution in [2.45, 2.75) is 39.2 Å². The molecule has 0 spiro atoms. The van der Waals surface area contributed by atoms with Crippen molar-refractivity contribution in [3.63, 3.8) is 0 Å². The molecule has 2 aromatic rings. The van der Waals surface area contributed by atoms with Crippen molar-refractivity contribution in [1.82, 2.24) is 15.2 Å². The Kier molecular flexibility index (Phi) is 5.07. The van der Waals surface area contributed by atoms with Crippen molar-refractivity contribution in [2.24, 2.45) is 0 Å². The minimum absolute atomic E-state index is 0.105. The van der Waals surface area contributed by atoms with Crippen LogP contribution in [0.15, 0.2) is 22.7 Å². The fourth-order valence-corrected chi connectivity index (χ4v) is 3.83. The molecule has 1 aromatic carbocycles. The molecule has 0 fully saturated rings. The SMILES string of the molecule is CCN(CC)CC(=O)NC1CCCc2c1[nH]c1ccc(Br)cc21. The summed E-state index contributed by atoms with van der Waals surface area (Å²) in [6, 6.07) is 6.43. The Morgan fingerprint density at radius 3 is 2.91 bits per heavy atom. The summed E-state index contributed by atoms with van der Waals surface area (Å²) in [5.74, 6) is 0.117. The summed E-state index contributed by atoms with van der Waals surface area (Å²) in [7, 11) is 0. The topological polar surface area (TPSA) is 48.1 Å². The van der Waals surface area contributed by atoms with Crippen LogP contribution in [0.25, 0.3) is 10.9 Å². The van der Waals surface area contributed by atoms with Gasteiger partial charge in [0.25, 0.3) is 0 Å². The fraction of sp³-hybridized carbons (Fsp3) is 0.500. The first-order valence-electron chi connectivity index (χ1n) is 8.44. The maximum Gasteiger partial charge on any atom is 0.234 e. The maximum absolute atomic E-state index is 12.3. The van der Waals surface area contributed by atoms with Gasteiger partial charge < -0.3 is 10.3 Å². The van der Waals surface area contributed by atoms with E-state index in [1.807, 2.05) is 0 Å². The molecule has 1 heterocycles. The quantitative estimate of drug-likeness (QED) is 0.832. The van der Waals surface area contributed by atoms with Gasteiger partial charge in [-0.1, -0.05) is 29.8 Å². The van der Waals surface area contributed by atoms with Crippen molar-refractivity contribution in [2.75, 3.05) is 19.6 Å². The number of halogens is 1. The molecule has 3 rings (SSSR count). The minimum atomic E-state index is 0.105. The largest absolute Gasteiger partial charge is 0.356 e. The van der Waals surface area contributed by atoms with E-state index < -0.39 is 0 Å². The first-order valence-corrected chi connectivity index (χ1v) is 9.23. The monoisotopic (exact) mass is 377 g/mol. The van der Waals surface area contributed by atoms with Crippen LogP contribution in [-0.4, -0.2) is 35.4 Å². The molecule has 124 valence electrons. The van der Waals surface area contributed by atoms with Gasteiger partial charge in [-0.15, -0.1) is 0 Å². The van der Waals surface area contributed by atoms with Gasteiger partial charge in [-0.05, 0) is 56.1 Å². The number of nitrogens with one attached hydrogen (secondary N) is 2. The lowest BCUT2D eigenvalue weighted by Crippen LogP contribution is -2.39. The molecule has 1 atom stereocenters. The van der Waals surface area contributed by atoms with Crippen molar-refractivity contribution in [3.8, 4) is 0 Å². The summed E-state index contributed by atoms with van der Waals surface area (Å²) in [5, 5.41) is 4.50. The van der Waals surface area contributed by atoms with Crippen LogP contribution in [0, 0.1) is 0 Å². The Labute approximate surface area is 145 Å². The highest BCUT2D eigenvalue weighted by molar-refractivity contribution is 9.10. The summed E-state index contributed by atoms with van der Waals surface area (Å²) in [6.07, 6.45) is 3.20. The van der Waals surface area contributed by atoms with E-state index in [4.69, 9.17) is 0 Å². The molecular formula is C18H24BrN3O. The van der Waals surface area contributed by atoms with E-state index in [2.05, 4.69) is 63.2 Å². The molecule has 1 aliphatic carbocycles. The molecule has 0 saturated heterocycles. The van der Waals surface area contributed by atoms with E-state index in [0.29, 0.717) is 6.54 Å². The standard InChI is InChI=1S/C18H24BrN3O/c1-3-22(4-2)11-17(23)20-16-7-5-6-13-14-10-12(19)8-9-15(14)21-18(13)16/h8-10,16,21H,3-7,11H2,1-2H3,(H,20,23). The normalized spacial score (nSPS) is 17.5. The highest BCUT2D eigenvalue weighted by Crippen LogP contribution is 2.35. The summed E-state index contributed by atoms with van der Waals surface area (Å²) in [4.78, 5) is 18.0. The van der Waals surface area contributed by atoms with Crippen LogP contribution in [0.1, 0.15) is 44.0 Å². The third-order valence-electron chi connectivity index (χ3n) is 4.77. The lowest BCUT2D eigenvalue weighted by atomic mass is 9.91. The van der Waals surface area contributed by atoms with Gasteiger partial charge in [0.2, 0.25) is 5.91 Å². The Morgan fingerprint density at radius 1 is 1.39 bits per heavy atom. The third kappa shape index (κ3) is 3.45. The fourth-order valence-electron chi connectivity index (χ4n) is 3.47. The number of aryl methyl sites for hydroxylation is 1. The molecular weight excluding hydrogens is 354 g/mol. The Balaban J connectivity index is 1.81. The molecule has 1 aliphatic rings. The van der Waals surface area contributed by atoms with Gasteiger partial charge >= 0.3 is 0 Å². The molecule has 1 amide bonds. The Morgan fingerprint density at radius 2 is 2.17 bits per heavy atom. The molecule has 2 N–H and O–H groups in total. The van der Waals surface area contributed by atoms with Gasteiger partial charge in [-0.25, -0.2) is 0 Å². The second-order valence-corrected chi connectivity index (χ2v) is 7.10. The number of H-pyrrole nitrogens is 1. The summed E-state index contributed by atoms with van der Waals surface area (Å²) < 4.78 is 1.10. The number of amides is 1. The van der Waals surface area contributed by atoms with Crippen LogP contribution < -0.4 is 5.32 Å². The van der Waals surface area contributed by atoms with Gasteiger partial charge in [0.1, 0.15) is 0 Å². The maximum atomic E-state index is 12.3. The van der Waals surface area contributed by atoms with Crippen molar-refractivity contribution in [1.29, 1.82) is 0 Å². The number of aromatic amines is 1. The molecule has 0 aliphatic heterocycles. The predicted octanol–water partition coefficient (Wildman–Crippen LogP) is 3.77. The van der Waals surface area contributed by atoms with Gasteiger partial charge in [0.15, 0.2) is 0 Å². The zero-order valence-electron chi connectivity index (χ0n) is 13.8. The first kappa shape index (κ1) is 16.5. The van der Waals surface area contributed by atoms with Crippen molar-refractivity contribution >= 4 is 32.7 Å². The van der Waals surface area contributed by atoms with E-state index in [1.165, 1.54) is 16.6 Å². The van der Waals surface area contributed by atoms with Gasteiger partial charge in [-0.3, -0.25) is 9.69 Å². The Hall–Kier alpha value is -1.33. The summed E-state index contributed by atoms with van der Waals surface area (Å²) in [6.45, 7) is 6.46. The van der Waals surface area contributed by atoms with Crippen LogP contribution in [0.5, 0.6) is 0 Å². The van der Waals surface area contributed by atoms with E-state index in [1.54, 1.807) is 0 Å². The molecule has 23 heavy (non-hydrogen) atoms. The first-order chi connectivity index (χ1) is 11.1. The van der Waals surface area contributed by atoms with Crippen molar-refractivity contribution < 1.29 is 4.79 Å². The highest BCUT2D eigenvalue weighted by Gasteiger charge is 2.25. The summed E-state index contributed by atoms with van der Waals surface area (Å²) >= 11 is 3.55. The van der Waals surface area contributed by atoms with E-state index in [-0.39, 0.29) is 11.9 Å². The molecule has 4 nitrogen and oxygen atoms in total. The zero-order valence-corrected chi connectivity index (χ0v) is 15.4. The molecule has 0 radical (unpaired) electrons. The predicted molar refractivity (Wildman–Crippen MR) is 97.6 cm³/mol. The van der Waals surface area contributed by atoms with E-state index in [0.717, 1.165) is 42.3 Å². The number of nitrogens with zero attached hydrogens (tertiary/aromatic N) is 1. The number of fused-ring (bicyclic) bond motifs is 3. The third-order valence-corrected chi connectivity index (χ3v) is 5.26. The number of likely N-dealkylation sites (N-methyl/N-ethyl adjacent to an activating group) is 1.